The summed E-state index contributed by atoms with van der Waals surface area (Å²) in [6.45, 7) is 5.21. The molecular weight excluding hydrogens is 210 g/mol. The number of rotatable bonds is 8. The van der Waals surface area contributed by atoms with Gasteiger partial charge in [-0.3, -0.25) is 0 Å². The van der Waals surface area contributed by atoms with E-state index in [4.69, 9.17) is 9.47 Å². The van der Waals surface area contributed by atoms with Gasteiger partial charge in [-0.2, -0.15) is 0 Å². The Morgan fingerprint density at radius 1 is 1.53 bits per heavy atom. The van der Waals surface area contributed by atoms with Crippen LogP contribution >= 0.6 is 11.3 Å². The second kappa shape index (κ2) is 7.82. The van der Waals surface area contributed by atoms with Crippen molar-refractivity contribution in [3.8, 4) is 0 Å². The van der Waals surface area contributed by atoms with Crippen molar-refractivity contribution in [1.82, 2.24) is 5.32 Å². The first-order chi connectivity index (χ1) is 7.36. The lowest BCUT2D eigenvalue weighted by molar-refractivity contribution is -0.00884. The molecule has 1 unspecified atom stereocenters. The average Bonchev–Trinajstić information content (AvgIpc) is 2.75. The van der Waals surface area contributed by atoms with Crippen LogP contribution in [0.4, 0.5) is 0 Å². The molecule has 0 aromatic carbocycles. The van der Waals surface area contributed by atoms with Gasteiger partial charge in [0.1, 0.15) is 0 Å². The van der Waals surface area contributed by atoms with Gasteiger partial charge in [-0.15, -0.1) is 11.3 Å². The maximum Gasteiger partial charge on any atom is 0.0937 e. The fourth-order valence-electron chi connectivity index (χ4n) is 1.25. The van der Waals surface area contributed by atoms with Crippen molar-refractivity contribution in [2.45, 2.75) is 19.6 Å². The van der Waals surface area contributed by atoms with E-state index in [0.717, 1.165) is 13.1 Å². The van der Waals surface area contributed by atoms with Gasteiger partial charge >= 0.3 is 0 Å². The molecule has 1 aromatic rings. The van der Waals surface area contributed by atoms with Gasteiger partial charge in [-0.25, -0.2) is 0 Å². The van der Waals surface area contributed by atoms with Crippen molar-refractivity contribution in [2.24, 2.45) is 0 Å². The Kier molecular flexibility index (Phi) is 6.59. The Morgan fingerprint density at radius 2 is 2.40 bits per heavy atom. The van der Waals surface area contributed by atoms with E-state index >= 15 is 0 Å². The molecule has 0 aliphatic carbocycles. The predicted octanol–water partition coefficient (Wildman–Crippen LogP) is 1.89. The van der Waals surface area contributed by atoms with Crippen molar-refractivity contribution in [1.29, 1.82) is 0 Å². The molecule has 0 amide bonds. The molecule has 0 radical (unpaired) electrons. The molecule has 0 saturated heterocycles. The van der Waals surface area contributed by atoms with E-state index in [1.807, 2.05) is 6.07 Å². The minimum absolute atomic E-state index is 0.136. The summed E-state index contributed by atoms with van der Waals surface area (Å²) in [5.74, 6) is 0. The molecule has 1 aromatic heterocycles. The van der Waals surface area contributed by atoms with Gasteiger partial charge in [0.15, 0.2) is 0 Å². The normalized spacial score (nSPS) is 12.9. The second-order valence-corrected chi connectivity index (χ2v) is 4.31. The molecule has 15 heavy (non-hydrogen) atoms. The van der Waals surface area contributed by atoms with Crippen molar-refractivity contribution in [2.75, 3.05) is 26.8 Å². The Labute approximate surface area is 95.4 Å². The van der Waals surface area contributed by atoms with Gasteiger partial charge in [0, 0.05) is 18.5 Å². The first-order valence-corrected chi connectivity index (χ1v) is 6.08. The summed E-state index contributed by atoms with van der Waals surface area (Å²) in [6, 6.07) is 4.13. The topological polar surface area (TPSA) is 30.5 Å². The lowest BCUT2D eigenvalue weighted by atomic mass is 10.3. The van der Waals surface area contributed by atoms with Crippen molar-refractivity contribution >= 4 is 11.3 Å². The number of thiophene rings is 1. The van der Waals surface area contributed by atoms with Crippen LogP contribution in [0.2, 0.25) is 0 Å². The van der Waals surface area contributed by atoms with Crippen LogP contribution in [0, 0.1) is 0 Å². The van der Waals surface area contributed by atoms with Crippen molar-refractivity contribution in [3.63, 3.8) is 0 Å². The van der Waals surface area contributed by atoms with Crippen LogP contribution in [-0.4, -0.2) is 32.9 Å². The number of hydrogen-bond donors (Lipinski definition) is 1. The van der Waals surface area contributed by atoms with Crippen LogP contribution in [0.1, 0.15) is 11.8 Å². The zero-order chi connectivity index (χ0) is 10.9. The van der Waals surface area contributed by atoms with Crippen LogP contribution in [0.3, 0.4) is 0 Å². The predicted molar refractivity (Wildman–Crippen MR) is 63.3 cm³/mol. The molecule has 3 nitrogen and oxygen atoms in total. The Morgan fingerprint density at radius 3 is 3.00 bits per heavy atom. The summed E-state index contributed by atoms with van der Waals surface area (Å²) in [7, 11) is 1.70. The largest absolute Gasteiger partial charge is 0.382 e. The van der Waals surface area contributed by atoms with Crippen LogP contribution < -0.4 is 5.32 Å². The molecule has 0 aliphatic rings. The van der Waals surface area contributed by atoms with E-state index in [-0.39, 0.29) is 6.10 Å². The van der Waals surface area contributed by atoms with Crippen LogP contribution in [0.15, 0.2) is 17.5 Å². The highest BCUT2D eigenvalue weighted by molar-refractivity contribution is 7.09. The summed E-state index contributed by atoms with van der Waals surface area (Å²) >= 11 is 1.72. The standard InChI is InChI=1S/C11H19NO2S/c1-3-12-7-10(8-13-2)14-9-11-5-4-6-15-11/h4-6,10,12H,3,7-9H2,1-2H3. The molecular formula is C11H19NO2S. The molecule has 0 fully saturated rings. The number of ether oxygens (including phenoxy) is 2. The van der Waals surface area contributed by atoms with E-state index in [1.165, 1.54) is 4.88 Å². The van der Waals surface area contributed by atoms with E-state index in [1.54, 1.807) is 18.4 Å². The summed E-state index contributed by atoms with van der Waals surface area (Å²) in [4.78, 5) is 1.26. The average molecular weight is 229 g/mol. The van der Waals surface area contributed by atoms with Gasteiger partial charge in [0.05, 0.1) is 19.3 Å². The summed E-state index contributed by atoms with van der Waals surface area (Å²) < 4.78 is 10.9. The molecule has 0 aliphatic heterocycles. The first-order valence-electron chi connectivity index (χ1n) is 5.20. The van der Waals surface area contributed by atoms with E-state index in [2.05, 4.69) is 23.7 Å². The monoisotopic (exact) mass is 229 g/mol. The molecule has 0 spiro atoms. The zero-order valence-corrected chi connectivity index (χ0v) is 10.2. The highest BCUT2D eigenvalue weighted by atomic mass is 32.1. The fourth-order valence-corrected chi connectivity index (χ4v) is 1.88. The lowest BCUT2D eigenvalue weighted by Gasteiger charge is -2.16. The molecule has 4 heteroatoms. The van der Waals surface area contributed by atoms with Gasteiger partial charge in [-0.1, -0.05) is 13.0 Å². The molecule has 0 saturated carbocycles. The Bertz CT molecular complexity index is 239. The number of hydrogen-bond acceptors (Lipinski definition) is 4. The van der Waals surface area contributed by atoms with Gasteiger partial charge in [0.25, 0.3) is 0 Å². The van der Waals surface area contributed by atoms with Gasteiger partial charge in [-0.05, 0) is 18.0 Å². The smallest absolute Gasteiger partial charge is 0.0937 e. The number of nitrogens with one attached hydrogen (secondary N) is 1. The van der Waals surface area contributed by atoms with Crippen LogP contribution in [0.25, 0.3) is 0 Å². The maximum absolute atomic E-state index is 5.75. The summed E-state index contributed by atoms with van der Waals surface area (Å²) in [6.07, 6.45) is 0.136. The third kappa shape index (κ3) is 5.28. The van der Waals surface area contributed by atoms with Gasteiger partial charge in [0.2, 0.25) is 0 Å². The molecule has 0 bridgehead atoms. The van der Waals surface area contributed by atoms with E-state index in [0.29, 0.717) is 13.2 Å². The zero-order valence-electron chi connectivity index (χ0n) is 9.36. The highest BCUT2D eigenvalue weighted by Gasteiger charge is 2.08. The highest BCUT2D eigenvalue weighted by Crippen LogP contribution is 2.10. The van der Waals surface area contributed by atoms with E-state index in [9.17, 15) is 0 Å². The summed E-state index contributed by atoms with van der Waals surface area (Å²) in [5, 5.41) is 5.33. The summed E-state index contributed by atoms with van der Waals surface area (Å²) in [5.41, 5.74) is 0. The Hall–Kier alpha value is -0.420. The molecule has 1 heterocycles. The minimum atomic E-state index is 0.136. The number of methoxy groups -OCH3 is 1. The van der Waals surface area contributed by atoms with Crippen molar-refractivity contribution < 1.29 is 9.47 Å². The quantitative estimate of drug-likeness (QED) is 0.738. The van der Waals surface area contributed by atoms with Crippen LogP contribution in [-0.2, 0) is 16.1 Å². The molecule has 1 rings (SSSR count). The third-order valence-electron chi connectivity index (χ3n) is 2.02. The fraction of sp³-hybridized carbons (Fsp3) is 0.636. The number of likely N-dealkylation sites (N-methyl/N-ethyl adjacent to an activating group) is 1. The maximum atomic E-state index is 5.75. The van der Waals surface area contributed by atoms with Crippen LogP contribution in [0.5, 0.6) is 0 Å². The molecule has 1 N–H and O–H groups in total. The first kappa shape index (κ1) is 12.6. The molecule has 1 atom stereocenters. The SMILES string of the molecule is CCNCC(COC)OCc1cccs1. The Balaban J connectivity index is 2.24. The minimum Gasteiger partial charge on any atom is -0.382 e. The third-order valence-corrected chi connectivity index (χ3v) is 2.87. The van der Waals surface area contributed by atoms with E-state index < -0.39 is 0 Å². The van der Waals surface area contributed by atoms with Gasteiger partial charge < -0.3 is 14.8 Å². The molecule has 86 valence electrons. The van der Waals surface area contributed by atoms with Crippen molar-refractivity contribution in [3.05, 3.63) is 22.4 Å². The lowest BCUT2D eigenvalue weighted by Crippen LogP contribution is -2.32. The second-order valence-electron chi connectivity index (χ2n) is 3.28.